The molecule has 3 heterocycles. The molecule has 0 saturated carbocycles. The number of aryl methyl sites for hydroxylation is 1. The van der Waals surface area contributed by atoms with Crippen molar-refractivity contribution >= 4 is 0 Å². The van der Waals surface area contributed by atoms with Crippen molar-refractivity contribution in [2.45, 2.75) is 58.4 Å². The maximum absolute atomic E-state index is 5.89. The molecule has 2 aromatic heterocycles. The predicted molar refractivity (Wildman–Crippen MR) is 81.5 cm³/mol. The third-order valence-corrected chi connectivity index (χ3v) is 4.05. The zero-order chi connectivity index (χ0) is 15.7. The summed E-state index contributed by atoms with van der Waals surface area (Å²) >= 11 is 0. The lowest BCUT2D eigenvalue weighted by atomic mass is 9.94. The number of piperidine rings is 1. The van der Waals surface area contributed by atoms with Crippen LogP contribution in [0.3, 0.4) is 0 Å². The van der Waals surface area contributed by atoms with Gasteiger partial charge in [-0.2, -0.15) is 4.98 Å². The molecule has 2 aromatic rings. The zero-order valence-corrected chi connectivity index (χ0v) is 13.8. The molecule has 3 rings (SSSR count). The van der Waals surface area contributed by atoms with E-state index in [-0.39, 0.29) is 5.41 Å². The van der Waals surface area contributed by atoms with Crippen LogP contribution < -0.4 is 0 Å². The van der Waals surface area contributed by atoms with Gasteiger partial charge in [0.05, 0.1) is 18.7 Å². The van der Waals surface area contributed by atoms with Gasteiger partial charge >= 0.3 is 0 Å². The second-order valence-corrected chi connectivity index (χ2v) is 7.12. The average Bonchev–Trinajstić information content (AvgIpc) is 3.08. The Kier molecular flexibility index (Phi) is 4.04. The lowest BCUT2D eigenvalue weighted by Gasteiger charge is -2.29. The summed E-state index contributed by atoms with van der Waals surface area (Å²) in [5.41, 5.74) is -0.00301. The molecule has 0 N–H and O–H groups in total. The van der Waals surface area contributed by atoms with E-state index >= 15 is 0 Å². The fraction of sp³-hybridized carbons (Fsp3) is 0.688. The molecule has 1 aliphatic heterocycles. The van der Waals surface area contributed by atoms with Crippen LogP contribution in [0.1, 0.15) is 62.9 Å². The topological polar surface area (TPSA) is 68.2 Å². The summed E-state index contributed by atoms with van der Waals surface area (Å²) in [5.74, 6) is 3.49. The number of aromatic nitrogens is 3. The Balaban J connectivity index is 1.64. The van der Waals surface area contributed by atoms with E-state index in [4.69, 9.17) is 8.94 Å². The molecular formula is C16H24N4O2. The van der Waals surface area contributed by atoms with Crippen LogP contribution in [0.25, 0.3) is 0 Å². The van der Waals surface area contributed by atoms with Crippen molar-refractivity contribution in [2.24, 2.45) is 0 Å². The van der Waals surface area contributed by atoms with Crippen LogP contribution in [-0.4, -0.2) is 33.1 Å². The van der Waals surface area contributed by atoms with E-state index in [1.165, 1.54) is 0 Å². The van der Waals surface area contributed by atoms with Crippen LogP contribution in [0.15, 0.2) is 15.1 Å². The number of oxazole rings is 1. The minimum Gasteiger partial charge on any atom is -0.444 e. The highest BCUT2D eigenvalue weighted by molar-refractivity contribution is 5.06. The maximum atomic E-state index is 5.89. The molecule has 1 saturated heterocycles. The smallest absolute Gasteiger partial charge is 0.231 e. The molecule has 0 bridgehead atoms. The van der Waals surface area contributed by atoms with Crippen LogP contribution in [0, 0.1) is 6.92 Å². The van der Waals surface area contributed by atoms with E-state index < -0.39 is 0 Å². The van der Waals surface area contributed by atoms with Crippen molar-refractivity contribution in [1.29, 1.82) is 0 Å². The van der Waals surface area contributed by atoms with Crippen LogP contribution >= 0.6 is 0 Å². The quantitative estimate of drug-likeness (QED) is 0.868. The fourth-order valence-corrected chi connectivity index (χ4v) is 2.80. The molecule has 0 aromatic carbocycles. The zero-order valence-electron chi connectivity index (χ0n) is 13.8. The first kappa shape index (κ1) is 15.2. The molecule has 0 spiro atoms. The van der Waals surface area contributed by atoms with Gasteiger partial charge in [0.15, 0.2) is 5.82 Å². The molecule has 1 atom stereocenters. The summed E-state index contributed by atoms with van der Waals surface area (Å²) in [6, 6.07) is 0. The molecule has 22 heavy (non-hydrogen) atoms. The number of likely N-dealkylation sites (tertiary alicyclic amines) is 1. The Morgan fingerprint density at radius 3 is 2.82 bits per heavy atom. The van der Waals surface area contributed by atoms with Gasteiger partial charge in [-0.05, 0) is 26.3 Å². The molecule has 6 nitrogen and oxygen atoms in total. The monoisotopic (exact) mass is 304 g/mol. The van der Waals surface area contributed by atoms with Crippen LogP contribution in [0.2, 0.25) is 0 Å². The molecule has 0 radical (unpaired) electrons. The number of hydrogen-bond donors (Lipinski definition) is 0. The summed E-state index contributed by atoms with van der Waals surface area (Å²) in [7, 11) is 0. The van der Waals surface area contributed by atoms with Crippen LogP contribution in [0.5, 0.6) is 0 Å². The highest BCUT2D eigenvalue weighted by Gasteiger charge is 2.27. The molecule has 120 valence electrons. The molecule has 0 amide bonds. The minimum absolute atomic E-state index is 0.00301. The Morgan fingerprint density at radius 2 is 2.18 bits per heavy atom. The van der Waals surface area contributed by atoms with Crippen molar-refractivity contribution in [1.82, 2.24) is 20.0 Å². The third-order valence-electron chi connectivity index (χ3n) is 4.05. The second kappa shape index (κ2) is 5.83. The first-order chi connectivity index (χ1) is 10.4. The molecule has 1 aliphatic rings. The number of hydrogen-bond acceptors (Lipinski definition) is 6. The first-order valence-corrected chi connectivity index (χ1v) is 7.89. The number of nitrogens with zero attached hydrogens (tertiary/aromatic N) is 4. The largest absolute Gasteiger partial charge is 0.444 e. The van der Waals surface area contributed by atoms with Crippen molar-refractivity contribution in [3.8, 4) is 0 Å². The first-order valence-electron chi connectivity index (χ1n) is 7.89. The third kappa shape index (κ3) is 3.38. The average molecular weight is 304 g/mol. The van der Waals surface area contributed by atoms with Gasteiger partial charge in [-0.3, -0.25) is 4.90 Å². The fourth-order valence-electron chi connectivity index (χ4n) is 2.80. The van der Waals surface area contributed by atoms with E-state index in [0.29, 0.717) is 11.7 Å². The summed E-state index contributed by atoms with van der Waals surface area (Å²) in [5, 5.41) is 3.90. The standard InChI is InChI=1S/C16H24N4O2/c1-11-18-15(22-19-11)12-6-5-7-20(9-12)10-14-17-8-13(21-14)16(2,3)4/h8,12H,5-7,9-10H2,1-4H3. The Labute approximate surface area is 130 Å². The Morgan fingerprint density at radius 1 is 1.36 bits per heavy atom. The van der Waals surface area contributed by atoms with Gasteiger partial charge in [0.1, 0.15) is 5.76 Å². The van der Waals surface area contributed by atoms with E-state index in [1.54, 1.807) is 0 Å². The van der Waals surface area contributed by atoms with Crippen molar-refractivity contribution < 1.29 is 8.94 Å². The van der Waals surface area contributed by atoms with E-state index in [9.17, 15) is 0 Å². The minimum atomic E-state index is -0.00301. The van der Waals surface area contributed by atoms with Gasteiger partial charge in [0, 0.05) is 12.0 Å². The summed E-state index contributed by atoms with van der Waals surface area (Å²) in [6.45, 7) is 10.9. The maximum Gasteiger partial charge on any atom is 0.231 e. The molecule has 6 heteroatoms. The summed E-state index contributed by atoms with van der Waals surface area (Å²) in [4.78, 5) is 11.1. The lowest BCUT2D eigenvalue weighted by Crippen LogP contribution is -2.34. The normalized spacial score (nSPS) is 20.5. The SMILES string of the molecule is Cc1noc(C2CCCN(Cc3ncc(C(C)(C)C)o3)C2)n1. The highest BCUT2D eigenvalue weighted by Crippen LogP contribution is 2.27. The number of rotatable bonds is 3. The van der Waals surface area contributed by atoms with Gasteiger partial charge in [0.25, 0.3) is 0 Å². The van der Waals surface area contributed by atoms with E-state index in [0.717, 1.165) is 50.0 Å². The lowest BCUT2D eigenvalue weighted by molar-refractivity contribution is 0.165. The van der Waals surface area contributed by atoms with Crippen molar-refractivity contribution in [3.63, 3.8) is 0 Å². The van der Waals surface area contributed by atoms with Crippen molar-refractivity contribution in [3.05, 3.63) is 29.6 Å². The van der Waals surface area contributed by atoms with E-state index in [2.05, 4.69) is 40.8 Å². The van der Waals surface area contributed by atoms with Gasteiger partial charge in [-0.25, -0.2) is 4.98 Å². The van der Waals surface area contributed by atoms with Gasteiger partial charge in [-0.1, -0.05) is 25.9 Å². The molecular weight excluding hydrogens is 280 g/mol. The second-order valence-electron chi connectivity index (χ2n) is 7.12. The summed E-state index contributed by atoms with van der Waals surface area (Å²) < 4.78 is 11.2. The molecule has 1 unspecified atom stereocenters. The molecule has 1 fully saturated rings. The van der Waals surface area contributed by atoms with Gasteiger partial charge in [-0.15, -0.1) is 0 Å². The van der Waals surface area contributed by atoms with Gasteiger partial charge < -0.3 is 8.94 Å². The molecule has 0 aliphatic carbocycles. The van der Waals surface area contributed by atoms with Gasteiger partial charge in [0.2, 0.25) is 11.8 Å². The van der Waals surface area contributed by atoms with Crippen LogP contribution in [-0.2, 0) is 12.0 Å². The van der Waals surface area contributed by atoms with E-state index in [1.807, 2.05) is 13.1 Å². The van der Waals surface area contributed by atoms with Crippen molar-refractivity contribution in [2.75, 3.05) is 13.1 Å². The van der Waals surface area contributed by atoms with Crippen LogP contribution in [0.4, 0.5) is 0 Å². The highest BCUT2D eigenvalue weighted by atomic mass is 16.5. The summed E-state index contributed by atoms with van der Waals surface area (Å²) in [6.07, 6.45) is 4.06. The Bertz CT molecular complexity index is 626. The predicted octanol–water partition coefficient (Wildman–Crippen LogP) is 3.04. The Hall–Kier alpha value is -1.69.